The standard InChI is InChI=1S/C37H42BrN3O6S/c1-6-27(3)39-37(43)34(22-28-11-8-7-9-12-28)40(24-29-13-10-14-31(21-29)46-4)36(42)25-41(30-17-15-26(2)16-18-30)48(44,45)32-19-20-35(47-5)33(38)23-32/h7-21,23,27,34H,6,22,24-25H2,1-5H3,(H,39,43)/t27-,34-/m0/s1. The van der Waals surface area contributed by atoms with Gasteiger partial charge in [0.2, 0.25) is 11.8 Å². The maximum absolute atomic E-state index is 14.7. The second-order valence-electron chi connectivity index (χ2n) is 11.5. The number of aryl methyl sites for hydroxylation is 1. The molecule has 0 spiro atoms. The summed E-state index contributed by atoms with van der Waals surface area (Å²) in [5.74, 6) is 0.188. The maximum atomic E-state index is 14.7. The van der Waals surface area contributed by atoms with Gasteiger partial charge in [-0.2, -0.15) is 0 Å². The summed E-state index contributed by atoms with van der Waals surface area (Å²) in [6, 6.07) is 27.0. The largest absolute Gasteiger partial charge is 0.497 e. The van der Waals surface area contributed by atoms with Gasteiger partial charge in [-0.05, 0) is 89.8 Å². The van der Waals surface area contributed by atoms with Crippen molar-refractivity contribution in [2.24, 2.45) is 0 Å². The summed E-state index contributed by atoms with van der Waals surface area (Å²) in [5, 5.41) is 3.05. The normalized spacial score (nSPS) is 12.5. The van der Waals surface area contributed by atoms with Gasteiger partial charge in [0.1, 0.15) is 24.1 Å². The van der Waals surface area contributed by atoms with Gasteiger partial charge in [0.15, 0.2) is 0 Å². The number of nitrogens with zero attached hydrogens (tertiary/aromatic N) is 2. The van der Waals surface area contributed by atoms with Gasteiger partial charge in [0.25, 0.3) is 10.0 Å². The molecule has 2 amide bonds. The molecule has 4 rings (SSSR count). The fraction of sp³-hybridized carbons (Fsp3) is 0.297. The van der Waals surface area contributed by atoms with Gasteiger partial charge < -0.3 is 19.7 Å². The number of carbonyl (C=O) groups excluding carboxylic acids is 2. The SMILES string of the molecule is CC[C@H](C)NC(=O)[C@H](Cc1ccccc1)N(Cc1cccc(OC)c1)C(=O)CN(c1ccc(C)cc1)S(=O)(=O)c1ccc(OC)c(Br)c1. The first-order valence-corrected chi connectivity index (χ1v) is 17.9. The predicted molar refractivity (Wildman–Crippen MR) is 192 cm³/mol. The number of halogens is 1. The summed E-state index contributed by atoms with van der Waals surface area (Å²) in [4.78, 5) is 30.1. The minimum absolute atomic E-state index is 0.0294. The zero-order valence-electron chi connectivity index (χ0n) is 27.9. The zero-order valence-corrected chi connectivity index (χ0v) is 30.3. The lowest BCUT2D eigenvalue weighted by Gasteiger charge is -2.34. The van der Waals surface area contributed by atoms with Crippen LogP contribution in [0, 0.1) is 6.92 Å². The van der Waals surface area contributed by atoms with Crippen LogP contribution in [0.25, 0.3) is 0 Å². The Balaban J connectivity index is 1.83. The topological polar surface area (TPSA) is 105 Å². The van der Waals surface area contributed by atoms with Gasteiger partial charge in [-0.25, -0.2) is 8.42 Å². The van der Waals surface area contributed by atoms with Crippen LogP contribution in [-0.4, -0.2) is 58.0 Å². The first-order chi connectivity index (χ1) is 23.0. The monoisotopic (exact) mass is 735 g/mol. The minimum atomic E-state index is -4.27. The quantitative estimate of drug-likeness (QED) is 0.149. The highest BCUT2D eigenvalue weighted by Crippen LogP contribution is 2.31. The molecule has 1 N–H and O–H groups in total. The molecule has 0 aromatic heterocycles. The van der Waals surface area contributed by atoms with Crippen molar-refractivity contribution < 1.29 is 27.5 Å². The number of amides is 2. The molecule has 4 aromatic carbocycles. The lowest BCUT2D eigenvalue weighted by molar-refractivity contribution is -0.140. The van der Waals surface area contributed by atoms with Crippen LogP contribution < -0.4 is 19.1 Å². The third-order valence-corrected chi connectivity index (χ3v) is 10.5. The molecule has 48 heavy (non-hydrogen) atoms. The number of hydrogen-bond acceptors (Lipinski definition) is 6. The van der Waals surface area contributed by atoms with Gasteiger partial charge >= 0.3 is 0 Å². The third-order valence-electron chi connectivity index (χ3n) is 8.07. The van der Waals surface area contributed by atoms with Crippen molar-refractivity contribution >= 4 is 43.5 Å². The third kappa shape index (κ3) is 9.17. The van der Waals surface area contributed by atoms with Crippen molar-refractivity contribution in [3.05, 3.63) is 118 Å². The number of sulfonamides is 1. The average molecular weight is 737 g/mol. The number of methoxy groups -OCH3 is 2. The first-order valence-electron chi connectivity index (χ1n) is 15.7. The fourth-order valence-corrected chi connectivity index (χ4v) is 7.27. The molecule has 0 heterocycles. The lowest BCUT2D eigenvalue weighted by Crippen LogP contribution is -2.54. The molecule has 0 saturated heterocycles. The Kier molecular flexibility index (Phi) is 12.7. The van der Waals surface area contributed by atoms with Crippen LogP contribution in [0.4, 0.5) is 5.69 Å². The molecule has 0 saturated carbocycles. The van der Waals surface area contributed by atoms with E-state index in [9.17, 15) is 18.0 Å². The number of hydrogen-bond donors (Lipinski definition) is 1. The summed E-state index contributed by atoms with van der Waals surface area (Å²) in [6.07, 6.45) is 0.923. The molecule has 254 valence electrons. The van der Waals surface area contributed by atoms with E-state index in [0.29, 0.717) is 28.1 Å². The maximum Gasteiger partial charge on any atom is 0.264 e. The molecule has 4 aromatic rings. The van der Waals surface area contributed by atoms with Crippen LogP contribution in [0.3, 0.4) is 0 Å². The fourth-order valence-electron chi connectivity index (χ4n) is 5.14. The summed E-state index contributed by atoms with van der Waals surface area (Å²) in [6.45, 7) is 5.26. The van der Waals surface area contributed by atoms with Crippen molar-refractivity contribution in [1.29, 1.82) is 0 Å². The molecule has 0 aliphatic rings. The van der Waals surface area contributed by atoms with Crippen LogP contribution in [0.1, 0.15) is 37.0 Å². The molecule has 0 aliphatic carbocycles. The molecule has 11 heteroatoms. The van der Waals surface area contributed by atoms with E-state index in [2.05, 4.69) is 21.2 Å². The Labute approximate surface area is 292 Å². The summed E-state index contributed by atoms with van der Waals surface area (Å²) in [7, 11) is -1.23. The molecule has 0 aliphatic heterocycles. The van der Waals surface area contributed by atoms with E-state index in [1.54, 1.807) is 49.6 Å². The number of benzene rings is 4. The Hall–Kier alpha value is -4.35. The molecular formula is C37H42BrN3O6S. The van der Waals surface area contributed by atoms with Crippen LogP contribution in [0.15, 0.2) is 106 Å². The highest BCUT2D eigenvalue weighted by molar-refractivity contribution is 9.10. The number of anilines is 1. The Bertz CT molecular complexity index is 1800. The van der Waals surface area contributed by atoms with E-state index < -0.39 is 28.5 Å². The molecule has 2 atom stereocenters. The molecular weight excluding hydrogens is 694 g/mol. The van der Waals surface area contributed by atoms with E-state index in [1.807, 2.05) is 63.2 Å². The number of rotatable bonds is 15. The van der Waals surface area contributed by atoms with Crippen LogP contribution in [0.2, 0.25) is 0 Å². The molecule has 0 fully saturated rings. The Morgan fingerprint density at radius 3 is 2.19 bits per heavy atom. The van der Waals surface area contributed by atoms with Crippen LogP contribution >= 0.6 is 15.9 Å². The first kappa shape index (κ1) is 36.5. The Morgan fingerprint density at radius 2 is 1.56 bits per heavy atom. The molecule has 0 unspecified atom stereocenters. The van der Waals surface area contributed by atoms with Gasteiger partial charge in [-0.3, -0.25) is 13.9 Å². The van der Waals surface area contributed by atoms with E-state index in [0.717, 1.165) is 21.0 Å². The molecule has 0 radical (unpaired) electrons. The summed E-state index contributed by atoms with van der Waals surface area (Å²) >= 11 is 3.39. The van der Waals surface area contributed by atoms with Crippen molar-refractivity contribution in [2.75, 3.05) is 25.1 Å². The van der Waals surface area contributed by atoms with Gasteiger partial charge in [0.05, 0.1) is 29.3 Å². The number of nitrogens with one attached hydrogen (secondary N) is 1. The van der Waals surface area contributed by atoms with Crippen LogP contribution in [0.5, 0.6) is 11.5 Å². The van der Waals surface area contributed by atoms with Crippen LogP contribution in [-0.2, 0) is 32.6 Å². The highest BCUT2D eigenvalue weighted by atomic mass is 79.9. The average Bonchev–Trinajstić information content (AvgIpc) is 3.09. The van der Waals surface area contributed by atoms with E-state index in [1.165, 1.54) is 24.1 Å². The van der Waals surface area contributed by atoms with Gasteiger partial charge in [-0.1, -0.05) is 67.1 Å². The second kappa shape index (κ2) is 16.7. The summed E-state index contributed by atoms with van der Waals surface area (Å²) < 4.78 is 41.0. The predicted octanol–water partition coefficient (Wildman–Crippen LogP) is 6.52. The van der Waals surface area contributed by atoms with E-state index in [-0.39, 0.29) is 29.8 Å². The smallest absolute Gasteiger partial charge is 0.264 e. The van der Waals surface area contributed by atoms with Crippen molar-refractivity contribution in [3.63, 3.8) is 0 Å². The second-order valence-corrected chi connectivity index (χ2v) is 14.3. The van der Waals surface area contributed by atoms with Gasteiger partial charge in [-0.15, -0.1) is 0 Å². The number of ether oxygens (including phenoxy) is 2. The van der Waals surface area contributed by atoms with Crippen molar-refractivity contribution in [1.82, 2.24) is 10.2 Å². The number of carbonyl (C=O) groups is 2. The summed E-state index contributed by atoms with van der Waals surface area (Å²) in [5.41, 5.74) is 2.82. The van der Waals surface area contributed by atoms with Crippen molar-refractivity contribution in [3.8, 4) is 11.5 Å². The zero-order chi connectivity index (χ0) is 34.8. The van der Waals surface area contributed by atoms with Crippen molar-refractivity contribution in [2.45, 2.75) is 57.1 Å². The lowest BCUT2D eigenvalue weighted by atomic mass is 10.0. The molecule has 0 bridgehead atoms. The minimum Gasteiger partial charge on any atom is -0.497 e. The molecule has 9 nitrogen and oxygen atoms in total. The van der Waals surface area contributed by atoms with Gasteiger partial charge in [0, 0.05) is 19.0 Å². The van der Waals surface area contributed by atoms with E-state index in [4.69, 9.17) is 9.47 Å². The van der Waals surface area contributed by atoms with E-state index >= 15 is 0 Å². The Morgan fingerprint density at radius 1 is 0.875 bits per heavy atom. The highest BCUT2D eigenvalue weighted by Gasteiger charge is 2.35.